The fraction of sp³-hybridized carbons (Fsp3) is 0.261. The van der Waals surface area contributed by atoms with Gasteiger partial charge >= 0.3 is 5.97 Å². The summed E-state index contributed by atoms with van der Waals surface area (Å²) in [7, 11) is 0. The summed E-state index contributed by atoms with van der Waals surface area (Å²) in [5, 5.41) is 15.3. The first-order valence-corrected chi connectivity index (χ1v) is 11.3. The van der Waals surface area contributed by atoms with Crippen LogP contribution >= 0.6 is 23.2 Å². The number of carbonyl (C=O) groups excluding carboxylic acids is 1. The number of benzene rings is 1. The van der Waals surface area contributed by atoms with E-state index in [0.717, 1.165) is 12.8 Å². The van der Waals surface area contributed by atoms with Crippen molar-refractivity contribution in [2.75, 3.05) is 28.6 Å². The van der Waals surface area contributed by atoms with E-state index in [9.17, 15) is 24.3 Å². The zero-order valence-corrected chi connectivity index (χ0v) is 19.3. The van der Waals surface area contributed by atoms with Crippen LogP contribution in [0.5, 0.6) is 0 Å². The molecule has 0 saturated carbocycles. The highest BCUT2D eigenvalue weighted by atomic mass is 35.5. The van der Waals surface area contributed by atoms with Gasteiger partial charge in [0.15, 0.2) is 0 Å². The number of halogens is 2. The van der Waals surface area contributed by atoms with Crippen LogP contribution in [0, 0.1) is 0 Å². The Balaban J connectivity index is 1.55. The van der Waals surface area contributed by atoms with E-state index in [1.807, 2.05) is 4.90 Å². The van der Waals surface area contributed by atoms with Crippen molar-refractivity contribution in [1.82, 2.24) is 4.98 Å². The fourth-order valence-corrected chi connectivity index (χ4v) is 4.40. The number of rotatable bonds is 8. The summed E-state index contributed by atoms with van der Waals surface area (Å²) in [5.41, 5.74) is 0.306. The van der Waals surface area contributed by atoms with Crippen LogP contribution in [0.3, 0.4) is 0 Å². The fourth-order valence-electron chi connectivity index (χ4n) is 3.94. The number of carboxylic acid groups (broad SMARTS) is 1. The monoisotopic (exact) mass is 502 g/mol. The van der Waals surface area contributed by atoms with Crippen molar-refractivity contribution in [2.45, 2.75) is 25.3 Å². The van der Waals surface area contributed by atoms with E-state index in [4.69, 9.17) is 23.2 Å². The van der Waals surface area contributed by atoms with Crippen LogP contribution in [0.25, 0.3) is 0 Å². The standard InChI is InChI=1S/C23H20Cl2N4O5/c24-14-10-26-11-15(25)18(14)28-23(34)13-5-3-12(4-6-13)16(9-17(30)31)27-19-20(22(33)21(19)32)29-7-1-2-8-29/h3-6,10-11,16,27H,1-2,7-9H2,(H,30,31)(H,26,28,34). The third-order valence-electron chi connectivity index (χ3n) is 5.67. The Kier molecular flexibility index (Phi) is 6.85. The average molecular weight is 503 g/mol. The van der Waals surface area contributed by atoms with Gasteiger partial charge < -0.3 is 20.6 Å². The summed E-state index contributed by atoms with van der Waals surface area (Å²) < 4.78 is 0. The van der Waals surface area contributed by atoms with Crippen LogP contribution < -0.4 is 26.4 Å². The number of carboxylic acids is 1. The summed E-state index contributed by atoms with van der Waals surface area (Å²) in [6.45, 7) is 1.36. The Morgan fingerprint density at radius 3 is 2.21 bits per heavy atom. The molecule has 1 aliphatic heterocycles. The van der Waals surface area contributed by atoms with Crippen molar-refractivity contribution in [1.29, 1.82) is 0 Å². The maximum Gasteiger partial charge on any atom is 0.305 e. The number of aliphatic carboxylic acids is 1. The lowest BCUT2D eigenvalue weighted by atomic mass is 10.00. The molecule has 1 unspecified atom stereocenters. The molecule has 176 valence electrons. The number of anilines is 3. The molecule has 11 heteroatoms. The second-order valence-electron chi connectivity index (χ2n) is 7.93. The quantitative estimate of drug-likeness (QED) is 0.399. The largest absolute Gasteiger partial charge is 0.481 e. The Morgan fingerprint density at radius 2 is 1.62 bits per heavy atom. The third-order valence-corrected chi connectivity index (χ3v) is 6.25. The van der Waals surface area contributed by atoms with Crippen molar-refractivity contribution >= 4 is 52.1 Å². The van der Waals surface area contributed by atoms with Crippen molar-refractivity contribution in [2.24, 2.45) is 0 Å². The lowest BCUT2D eigenvalue weighted by Crippen LogP contribution is -2.42. The molecule has 2 heterocycles. The Bertz CT molecular complexity index is 1290. The van der Waals surface area contributed by atoms with E-state index >= 15 is 0 Å². The highest BCUT2D eigenvalue weighted by Crippen LogP contribution is 2.31. The minimum Gasteiger partial charge on any atom is -0.481 e. The van der Waals surface area contributed by atoms with E-state index in [1.165, 1.54) is 24.5 Å². The summed E-state index contributed by atoms with van der Waals surface area (Å²) in [5.74, 6) is -1.55. The number of carbonyl (C=O) groups is 2. The zero-order valence-electron chi connectivity index (χ0n) is 17.8. The lowest BCUT2D eigenvalue weighted by Gasteiger charge is -2.26. The van der Waals surface area contributed by atoms with Crippen molar-refractivity contribution in [3.8, 4) is 0 Å². The molecule has 1 amide bonds. The van der Waals surface area contributed by atoms with Crippen LogP contribution in [0.4, 0.5) is 17.1 Å². The Morgan fingerprint density at radius 1 is 1.00 bits per heavy atom. The second kappa shape index (κ2) is 9.82. The number of aromatic nitrogens is 1. The summed E-state index contributed by atoms with van der Waals surface area (Å²) in [4.78, 5) is 54.2. The van der Waals surface area contributed by atoms with E-state index in [1.54, 1.807) is 12.1 Å². The van der Waals surface area contributed by atoms with Crippen LogP contribution in [0.15, 0.2) is 46.2 Å². The maximum atomic E-state index is 12.6. The molecule has 0 bridgehead atoms. The smallest absolute Gasteiger partial charge is 0.305 e. The number of amides is 1. The first-order valence-electron chi connectivity index (χ1n) is 10.5. The lowest BCUT2D eigenvalue weighted by molar-refractivity contribution is -0.137. The van der Waals surface area contributed by atoms with Crippen LogP contribution in [0.2, 0.25) is 10.0 Å². The van der Waals surface area contributed by atoms with Gasteiger partial charge in [0.25, 0.3) is 16.8 Å². The molecule has 3 aromatic rings. The van der Waals surface area contributed by atoms with Gasteiger partial charge in [-0.1, -0.05) is 35.3 Å². The van der Waals surface area contributed by atoms with Gasteiger partial charge in [0.2, 0.25) is 0 Å². The van der Waals surface area contributed by atoms with Crippen LogP contribution in [0.1, 0.15) is 41.2 Å². The van der Waals surface area contributed by atoms with Gasteiger partial charge in [-0.3, -0.25) is 24.2 Å². The minimum atomic E-state index is -1.08. The first-order chi connectivity index (χ1) is 16.3. The summed E-state index contributed by atoms with van der Waals surface area (Å²) in [6, 6.07) is 5.45. The van der Waals surface area contributed by atoms with E-state index in [0.29, 0.717) is 24.3 Å². The number of hydrogen-bond donors (Lipinski definition) is 3. The van der Waals surface area contributed by atoms with E-state index in [2.05, 4.69) is 15.6 Å². The van der Waals surface area contributed by atoms with Gasteiger partial charge in [0.05, 0.1) is 28.2 Å². The highest BCUT2D eigenvalue weighted by molar-refractivity contribution is 6.39. The molecule has 4 rings (SSSR count). The molecule has 0 aliphatic carbocycles. The Labute approximate surface area is 204 Å². The molecule has 1 fully saturated rings. The average Bonchev–Trinajstić information content (AvgIpc) is 3.34. The SMILES string of the molecule is O=C(O)CC(Nc1c(N2CCCC2)c(=O)c1=O)c1ccc(C(=O)Nc2c(Cl)cncc2Cl)cc1. The molecular weight excluding hydrogens is 483 g/mol. The van der Waals surface area contributed by atoms with E-state index in [-0.39, 0.29) is 33.4 Å². The van der Waals surface area contributed by atoms with Gasteiger partial charge in [0, 0.05) is 31.0 Å². The maximum absolute atomic E-state index is 12.6. The van der Waals surface area contributed by atoms with Crippen molar-refractivity contribution in [3.05, 3.63) is 78.3 Å². The minimum absolute atomic E-state index is 0.141. The van der Waals surface area contributed by atoms with Gasteiger partial charge in [0.1, 0.15) is 11.4 Å². The predicted molar refractivity (Wildman–Crippen MR) is 130 cm³/mol. The molecule has 3 N–H and O–H groups in total. The Hall–Kier alpha value is -3.43. The molecule has 34 heavy (non-hydrogen) atoms. The molecule has 0 radical (unpaired) electrons. The van der Waals surface area contributed by atoms with Gasteiger partial charge in [-0.05, 0) is 30.5 Å². The van der Waals surface area contributed by atoms with Gasteiger partial charge in [-0.15, -0.1) is 0 Å². The zero-order chi connectivity index (χ0) is 24.4. The van der Waals surface area contributed by atoms with E-state index < -0.39 is 28.8 Å². The van der Waals surface area contributed by atoms with Crippen molar-refractivity contribution in [3.63, 3.8) is 0 Å². The number of pyridine rings is 1. The van der Waals surface area contributed by atoms with Crippen molar-refractivity contribution < 1.29 is 14.7 Å². The van der Waals surface area contributed by atoms with Gasteiger partial charge in [-0.25, -0.2) is 0 Å². The highest BCUT2D eigenvalue weighted by Gasteiger charge is 2.30. The molecule has 0 spiro atoms. The molecule has 1 aliphatic rings. The first kappa shape index (κ1) is 23.7. The number of nitrogens with one attached hydrogen (secondary N) is 2. The molecular formula is C23H20Cl2N4O5. The second-order valence-corrected chi connectivity index (χ2v) is 8.74. The molecule has 9 nitrogen and oxygen atoms in total. The van der Waals surface area contributed by atoms with Crippen LogP contribution in [-0.2, 0) is 4.79 Å². The van der Waals surface area contributed by atoms with Gasteiger partial charge in [-0.2, -0.15) is 0 Å². The summed E-state index contributed by atoms with van der Waals surface area (Å²) in [6.07, 6.45) is 4.23. The normalized spacial score (nSPS) is 14.2. The van der Waals surface area contributed by atoms with Crippen LogP contribution in [-0.4, -0.2) is 35.1 Å². The predicted octanol–water partition coefficient (Wildman–Crippen LogP) is 3.46. The molecule has 1 atom stereocenters. The molecule has 2 aromatic carbocycles. The molecule has 1 saturated heterocycles. The third kappa shape index (κ3) is 4.76. The number of nitrogens with zero attached hydrogens (tertiary/aromatic N) is 2. The number of hydrogen-bond acceptors (Lipinski definition) is 7. The summed E-state index contributed by atoms with van der Waals surface area (Å²) >= 11 is 12.1. The topological polar surface area (TPSA) is 129 Å². The molecule has 1 aromatic heterocycles.